The van der Waals surface area contributed by atoms with Crippen molar-refractivity contribution in [3.63, 3.8) is 0 Å². The molecule has 0 saturated heterocycles. The van der Waals surface area contributed by atoms with E-state index in [0.29, 0.717) is 26.1 Å². The molecule has 0 N–H and O–H groups in total. The number of fused-ring (bicyclic) bond motifs is 1. The summed E-state index contributed by atoms with van der Waals surface area (Å²) in [5.41, 5.74) is 1.87. The fourth-order valence-electron chi connectivity index (χ4n) is 2.43. The Morgan fingerprint density at radius 1 is 1.42 bits per heavy atom. The van der Waals surface area contributed by atoms with Crippen molar-refractivity contribution in [3.05, 3.63) is 44.4 Å². The summed E-state index contributed by atoms with van der Waals surface area (Å²) in [6.45, 7) is 2.04. The van der Waals surface area contributed by atoms with Crippen LogP contribution in [-0.2, 0) is 13.6 Å². The zero-order valence-corrected chi connectivity index (χ0v) is 15.2. The van der Waals surface area contributed by atoms with Crippen LogP contribution >= 0.6 is 34.5 Å². The Morgan fingerprint density at radius 2 is 2.12 bits per heavy atom. The van der Waals surface area contributed by atoms with Gasteiger partial charge in [0.25, 0.3) is 5.91 Å². The number of halogens is 2. The van der Waals surface area contributed by atoms with E-state index in [1.165, 1.54) is 16.0 Å². The van der Waals surface area contributed by atoms with Crippen molar-refractivity contribution in [2.45, 2.75) is 13.5 Å². The van der Waals surface area contributed by atoms with Gasteiger partial charge in [0, 0.05) is 12.6 Å². The van der Waals surface area contributed by atoms with Gasteiger partial charge in [0.15, 0.2) is 4.80 Å². The SMILES string of the molecule is C#CCn1c(=NC(=O)c2c(C)cnn2C)sc2c(Cl)ccc(Cl)c21. The number of carbonyl (C=O) groups is 1. The van der Waals surface area contributed by atoms with Crippen LogP contribution in [0.2, 0.25) is 10.0 Å². The first-order valence-corrected chi connectivity index (χ1v) is 8.49. The first-order valence-electron chi connectivity index (χ1n) is 6.92. The zero-order valence-electron chi connectivity index (χ0n) is 12.9. The molecule has 0 aliphatic heterocycles. The summed E-state index contributed by atoms with van der Waals surface area (Å²) < 4.78 is 3.96. The maximum atomic E-state index is 12.6. The van der Waals surface area contributed by atoms with Crippen molar-refractivity contribution < 1.29 is 4.79 Å². The van der Waals surface area contributed by atoms with Crippen LogP contribution in [0.3, 0.4) is 0 Å². The highest BCUT2D eigenvalue weighted by atomic mass is 35.5. The minimum Gasteiger partial charge on any atom is -0.303 e. The van der Waals surface area contributed by atoms with E-state index in [1.807, 2.05) is 6.92 Å². The molecule has 0 spiro atoms. The van der Waals surface area contributed by atoms with Crippen LogP contribution in [0.15, 0.2) is 23.3 Å². The molecule has 0 aliphatic rings. The van der Waals surface area contributed by atoms with Crippen LogP contribution < -0.4 is 4.80 Å². The smallest absolute Gasteiger partial charge is 0.298 e. The molecule has 5 nitrogen and oxygen atoms in total. The summed E-state index contributed by atoms with van der Waals surface area (Å²) in [5, 5.41) is 5.11. The highest BCUT2D eigenvalue weighted by Gasteiger charge is 2.16. The number of thiazole rings is 1. The maximum Gasteiger partial charge on any atom is 0.298 e. The van der Waals surface area contributed by atoms with Crippen LogP contribution in [0, 0.1) is 19.3 Å². The Kier molecular flexibility index (Phi) is 4.50. The van der Waals surface area contributed by atoms with E-state index in [2.05, 4.69) is 16.0 Å². The third kappa shape index (κ3) is 2.75. The number of rotatable bonds is 2. The third-order valence-electron chi connectivity index (χ3n) is 3.50. The van der Waals surface area contributed by atoms with E-state index in [1.54, 1.807) is 29.9 Å². The van der Waals surface area contributed by atoms with Gasteiger partial charge in [-0.15, -0.1) is 6.42 Å². The topological polar surface area (TPSA) is 52.2 Å². The lowest BCUT2D eigenvalue weighted by Gasteiger charge is -2.02. The number of terminal acetylenes is 1. The number of hydrogen-bond acceptors (Lipinski definition) is 3. The normalized spacial score (nSPS) is 11.9. The molecule has 122 valence electrons. The quantitative estimate of drug-likeness (QED) is 0.641. The van der Waals surface area contributed by atoms with E-state index >= 15 is 0 Å². The van der Waals surface area contributed by atoms with Crippen molar-refractivity contribution in [2.75, 3.05) is 0 Å². The van der Waals surface area contributed by atoms with Gasteiger partial charge in [-0.3, -0.25) is 9.48 Å². The number of benzene rings is 1. The molecule has 2 heterocycles. The second-order valence-electron chi connectivity index (χ2n) is 5.10. The van der Waals surface area contributed by atoms with Gasteiger partial charge in [0.2, 0.25) is 0 Å². The molecule has 2 aromatic heterocycles. The van der Waals surface area contributed by atoms with Crippen LogP contribution in [-0.4, -0.2) is 20.3 Å². The fourth-order valence-corrected chi connectivity index (χ4v) is 4.07. The van der Waals surface area contributed by atoms with E-state index in [9.17, 15) is 4.79 Å². The second kappa shape index (κ2) is 6.44. The molecule has 8 heteroatoms. The van der Waals surface area contributed by atoms with Gasteiger partial charge in [0.1, 0.15) is 5.69 Å². The number of nitrogens with zero attached hydrogens (tertiary/aromatic N) is 4. The van der Waals surface area contributed by atoms with Gasteiger partial charge in [0.05, 0.1) is 33.0 Å². The van der Waals surface area contributed by atoms with Gasteiger partial charge in [-0.1, -0.05) is 40.5 Å². The summed E-state index contributed by atoms with van der Waals surface area (Å²) in [6.07, 6.45) is 7.08. The third-order valence-corrected chi connectivity index (χ3v) is 5.34. The van der Waals surface area contributed by atoms with Crippen molar-refractivity contribution >= 4 is 50.7 Å². The van der Waals surface area contributed by atoms with Gasteiger partial charge in [-0.2, -0.15) is 10.1 Å². The van der Waals surface area contributed by atoms with Crippen LogP contribution in [0.25, 0.3) is 10.2 Å². The summed E-state index contributed by atoms with van der Waals surface area (Å²) >= 11 is 13.8. The van der Waals surface area contributed by atoms with Crippen molar-refractivity contribution in [3.8, 4) is 12.3 Å². The molecule has 1 aromatic carbocycles. The average molecular weight is 379 g/mol. The Bertz CT molecular complexity index is 1050. The number of amides is 1. The predicted octanol–water partition coefficient (Wildman–Crippen LogP) is 3.43. The van der Waals surface area contributed by atoms with Gasteiger partial charge >= 0.3 is 0 Å². The Morgan fingerprint density at radius 3 is 2.75 bits per heavy atom. The summed E-state index contributed by atoms with van der Waals surface area (Å²) in [6, 6.07) is 3.41. The lowest BCUT2D eigenvalue weighted by Crippen LogP contribution is -2.18. The monoisotopic (exact) mass is 378 g/mol. The molecular weight excluding hydrogens is 367 g/mol. The first-order chi connectivity index (χ1) is 11.4. The zero-order chi connectivity index (χ0) is 17.4. The number of hydrogen-bond donors (Lipinski definition) is 0. The predicted molar refractivity (Wildman–Crippen MR) is 96.5 cm³/mol. The highest BCUT2D eigenvalue weighted by molar-refractivity contribution is 7.17. The van der Waals surface area contributed by atoms with Crippen LogP contribution in [0.1, 0.15) is 16.1 Å². The molecule has 0 fully saturated rings. The molecule has 0 saturated carbocycles. The van der Waals surface area contributed by atoms with Crippen molar-refractivity contribution in [1.82, 2.24) is 14.3 Å². The van der Waals surface area contributed by atoms with Crippen LogP contribution in [0.5, 0.6) is 0 Å². The first kappa shape index (κ1) is 16.8. The number of carbonyl (C=O) groups excluding carboxylic acids is 1. The molecule has 24 heavy (non-hydrogen) atoms. The van der Waals surface area contributed by atoms with Gasteiger partial charge in [-0.25, -0.2) is 0 Å². The minimum absolute atomic E-state index is 0.233. The average Bonchev–Trinajstić information content (AvgIpc) is 3.05. The van der Waals surface area contributed by atoms with Crippen molar-refractivity contribution in [1.29, 1.82) is 0 Å². The molecular formula is C16H12Cl2N4OS. The van der Waals surface area contributed by atoms with E-state index < -0.39 is 5.91 Å². The standard InChI is InChI=1S/C16H12Cl2N4OS/c1-4-7-22-13-10(17)5-6-11(18)14(13)24-16(22)20-15(23)12-9(2)8-19-21(12)3/h1,5-6,8H,7H2,2-3H3. The van der Waals surface area contributed by atoms with Crippen molar-refractivity contribution in [2.24, 2.45) is 12.0 Å². The molecule has 3 rings (SSSR count). The minimum atomic E-state index is -0.392. The summed E-state index contributed by atoms with van der Waals surface area (Å²) in [4.78, 5) is 17.2. The Balaban J connectivity index is 2.28. The molecule has 0 atom stereocenters. The largest absolute Gasteiger partial charge is 0.303 e. The van der Waals surface area contributed by atoms with E-state index in [4.69, 9.17) is 29.6 Å². The number of aryl methyl sites for hydroxylation is 2. The maximum absolute atomic E-state index is 12.6. The second-order valence-corrected chi connectivity index (χ2v) is 6.89. The summed E-state index contributed by atoms with van der Waals surface area (Å²) in [7, 11) is 1.70. The fraction of sp³-hybridized carbons (Fsp3) is 0.188. The lowest BCUT2D eigenvalue weighted by molar-refractivity contribution is 0.0988. The van der Waals surface area contributed by atoms with Crippen LogP contribution in [0.4, 0.5) is 0 Å². The number of aromatic nitrogens is 3. The highest BCUT2D eigenvalue weighted by Crippen LogP contribution is 2.31. The Hall–Kier alpha value is -2.07. The molecule has 0 aliphatic carbocycles. The molecule has 0 bridgehead atoms. The van der Waals surface area contributed by atoms with Gasteiger partial charge < -0.3 is 4.57 Å². The van der Waals surface area contributed by atoms with Gasteiger partial charge in [-0.05, 0) is 19.1 Å². The molecule has 3 aromatic rings. The lowest BCUT2D eigenvalue weighted by atomic mass is 10.3. The molecule has 1 amide bonds. The van der Waals surface area contributed by atoms with E-state index in [-0.39, 0.29) is 6.54 Å². The molecule has 0 radical (unpaired) electrons. The molecule has 0 unspecified atom stereocenters. The summed E-state index contributed by atoms with van der Waals surface area (Å²) in [5.74, 6) is 2.17. The van der Waals surface area contributed by atoms with E-state index in [0.717, 1.165) is 10.3 Å². The Labute approximate surface area is 152 Å².